The molecule has 0 radical (unpaired) electrons. The highest BCUT2D eigenvalue weighted by molar-refractivity contribution is 9.10. The molecule has 1 aromatic heterocycles. The Hall–Kier alpha value is -1.07. The predicted molar refractivity (Wildman–Crippen MR) is 75.3 cm³/mol. The van der Waals surface area contributed by atoms with Gasteiger partial charge in [0.15, 0.2) is 0 Å². The van der Waals surface area contributed by atoms with Gasteiger partial charge in [-0.25, -0.2) is 0 Å². The summed E-state index contributed by atoms with van der Waals surface area (Å²) in [7, 11) is 0. The van der Waals surface area contributed by atoms with Crippen LogP contribution in [0, 0.1) is 6.92 Å². The van der Waals surface area contributed by atoms with Gasteiger partial charge in [0, 0.05) is 20.8 Å². The summed E-state index contributed by atoms with van der Waals surface area (Å²) < 4.78 is 1.80. The Kier molecular flexibility index (Phi) is 3.69. The summed E-state index contributed by atoms with van der Waals surface area (Å²) in [4.78, 5) is 14.8. The van der Waals surface area contributed by atoms with E-state index >= 15 is 0 Å². The van der Waals surface area contributed by atoms with Crippen molar-refractivity contribution < 1.29 is 4.79 Å². The van der Waals surface area contributed by atoms with Gasteiger partial charge in [-0.2, -0.15) is 0 Å². The maximum absolute atomic E-state index is 11.9. The number of H-pyrrole nitrogens is 1. The number of aromatic nitrogens is 1. The highest BCUT2D eigenvalue weighted by atomic mass is 79.9. The van der Waals surface area contributed by atoms with Gasteiger partial charge in [-0.05, 0) is 52.7 Å². The van der Waals surface area contributed by atoms with Crippen molar-refractivity contribution >= 4 is 43.5 Å². The zero-order valence-electron chi connectivity index (χ0n) is 9.05. The lowest BCUT2D eigenvalue weighted by Gasteiger charge is -2.05. The van der Waals surface area contributed by atoms with Crippen LogP contribution in [0.3, 0.4) is 0 Å². The zero-order chi connectivity index (χ0) is 12.4. The van der Waals surface area contributed by atoms with Gasteiger partial charge in [-0.15, -0.1) is 0 Å². The maximum Gasteiger partial charge on any atom is 0.272 e. The minimum absolute atomic E-state index is 0.159. The molecule has 0 fully saturated rings. The van der Waals surface area contributed by atoms with Crippen LogP contribution in [0.15, 0.2) is 39.4 Å². The standard InChI is InChI=1S/C12H10Br2N2O/c1-7-2-8(13)4-10(3-7)16-12(17)11-5-9(14)6-15-11/h2-6,15H,1H3,(H,16,17). The smallest absolute Gasteiger partial charge is 0.272 e. The van der Waals surface area contributed by atoms with Crippen LogP contribution in [0.4, 0.5) is 5.69 Å². The van der Waals surface area contributed by atoms with E-state index in [1.165, 1.54) is 0 Å². The fraction of sp³-hybridized carbons (Fsp3) is 0.0833. The summed E-state index contributed by atoms with van der Waals surface area (Å²) in [6, 6.07) is 7.50. The van der Waals surface area contributed by atoms with Crippen LogP contribution in [-0.4, -0.2) is 10.9 Å². The molecule has 0 bridgehead atoms. The van der Waals surface area contributed by atoms with Gasteiger partial charge in [0.25, 0.3) is 5.91 Å². The number of anilines is 1. The maximum atomic E-state index is 11.9. The van der Waals surface area contributed by atoms with Crippen molar-refractivity contribution in [3.63, 3.8) is 0 Å². The normalized spacial score (nSPS) is 10.3. The number of carbonyl (C=O) groups is 1. The van der Waals surface area contributed by atoms with E-state index in [1.807, 2.05) is 25.1 Å². The summed E-state index contributed by atoms with van der Waals surface area (Å²) >= 11 is 6.69. The van der Waals surface area contributed by atoms with Gasteiger partial charge in [0.2, 0.25) is 0 Å². The number of hydrogen-bond acceptors (Lipinski definition) is 1. The quantitative estimate of drug-likeness (QED) is 0.834. The largest absolute Gasteiger partial charge is 0.356 e. The molecule has 0 spiro atoms. The Morgan fingerprint density at radius 2 is 1.94 bits per heavy atom. The number of carbonyl (C=O) groups excluding carboxylic acids is 1. The van der Waals surface area contributed by atoms with Crippen LogP contribution in [0.5, 0.6) is 0 Å². The van der Waals surface area contributed by atoms with Crippen molar-refractivity contribution in [1.29, 1.82) is 0 Å². The molecule has 3 nitrogen and oxygen atoms in total. The van der Waals surface area contributed by atoms with Crippen LogP contribution >= 0.6 is 31.9 Å². The molecule has 0 saturated heterocycles. The molecular formula is C12H10Br2N2O. The lowest BCUT2D eigenvalue weighted by atomic mass is 10.2. The molecule has 0 saturated carbocycles. The van der Waals surface area contributed by atoms with Crippen molar-refractivity contribution in [1.82, 2.24) is 4.98 Å². The lowest BCUT2D eigenvalue weighted by molar-refractivity contribution is 0.102. The predicted octanol–water partition coefficient (Wildman–Crippen LogP) is 4.10. The first kappa shape index (κ1) is 12.4. The van der Waals surface area contributed by atoms with Crippen molar-refractivity contribution in [3.8, 4) is 0 Å². The van der Waals surface area contributed by atoms with Crippen LogP contribution in [-0.2, 0) is 0 Å². The number of benzene rings is 1. The molecule has 5 heteroatoms. The van der Waals surface area contributed by atoms with E-state index in [0.717, 1.165) is 20.2 Å². The van der Waals surface area contributed by atoms with Crippen LogP contribution in [0.1, 0.15) is 16.1 Å². The lowest BCUT2D eigenvalue weighted by Crippen LogP contribution is -2.12. The van der Waals surface area contributed by atoms with Crippen molar-refractivity contribution in [2.24, 2.45) is 0 Å². The molecule has 0 aliphatic carbocycles. The summed E-state index contributed by atoms with van der Waals surface area (Å²) in [5.74, 6) is -0.159. The van der Waals surface area contributed by atoms with E-state index < -0.39 is 0 Å². The summed E-state index contributed by atoms with van der Waals surface area (Å²) in [6.07, 6.45) is 1.72. The number of halogens is 2. The van der Waals surface area contributed by atoms with E-state index in [2.05, 4.69) is 42.2 Å². The van der Waals surface area contributed by atoms with Gasteiger partial charge >= 0.3 is 0 Å². The Balaban J connectivity index is 2.18. The molecule has 0 atom stereocenters. The van der Waals surface area contributed by atoms with Gasteiger partial charge in [0.05, 0.1) is 0 Å². The monoisotopic (exact) mass is 356 g/mol. The second-order valence-electron chi connectivity index (χ2n) is 3.70. The molecule has 0 aliphatic heterocycles. The number of hydrogen-bond donors (Lipinski definition) is 2. The molecule has 17 heavy (non-hydrogen) atoms. The van der Waals surface area contributed by atoms with E-state index in [9.17, 15) is 4.79 Å². The molecule has 1 amide bonds. The van der Waals surface area contributed by atoms with Crippen molar-refractivity contribution in [2.75, 3.05) is 5.32 Å². The Morgan fingerprint density at radius 1 is 1.18 bits per heavy atom. The molecule has 88 valence electrons. The SMILES string of the molecule is Cc1cc(Br)cc(NC(=O)c2cc(Br)c[nH]2)c1. The highest BCUT2D eigenvalue weighted by Crippen LogP contribution is 2.20. The van der Waals surface area contributed by atoms with E-state index in [-0.39, 0.29) is 5.91 Å². The van der Waals surface area contributed by atoms with E-state index in [4.69, 9.17) is 0 Å². The van der Waals surface area contributed by atoms with Crippen molar-refractivity contribution in [3.05, 3.63) is 50.7 Å². The van der Waals surface area contributed by atoms with Gasteiger partial charge < -0.3 is 10.3 Å². The first-order valence-electron chi connectivity index (χ1n) is 4.97. The second-order valence-corrected chi connectivity index (χ2v) is 5.53. The van der Waals surface area contributed by atoms with Gasteiger partial charge in [0.1, 0.15) is 5.69 Å². The fourth-order valence-corrected chi connectivity index (χ4v) is 2.46. The number of rotatable bonds is 2. The Labute approximate surface area is 116 Å². The third-order valence-electron chi connectivity index (χ3n) is 2.19. The van der Waals surface area contributed by atoms with Gasteiger partial charge in [-0.1, -0.05) is 15.9 Å². The fourth-order valence-electron chi connectivity index (χ4n) is 1.51. The molecule has 2 aromatic rings. The first-order valence-corrected chi connectivity index (χ1v) is 6.55. The molecule has 1 heterocycles. The highest BCUT2D eigenvalue weighted by Gasteiger charge is 2.08. The average Bonchev–Trinajstić information content (AvgIpc) is 2.63. The minimum atomic E-state index is -0.159. The van der Waals surface area contributed by atoms with Crippen LogP contribution in [0.25, 0.3) is 0 Å². The Morgan fingerprint density at radius 3 is 2.53 bits per heavy atom. The first-order chi connectivity index (χ1) is 8.04. The Bertz CT molecular complexity index is 543. The van der Waals surface area contributed by atoms with E-state index in [1.54, 1.807) is 12.3 Å². The number of nitrogens with one attached hydrogen (secondary N) is 2. The second kappa shape index (κ2) is 5.06. The molecule has 0 aliphatic rings. The molecular weight excluding hydrogens is 348 g/mol. The minimum Gasteiger partial charge on any atom is -0.356 e. The summed E-state index contributed by atoms with van der Waals surface area (Å²) in [5.41, 5.74) is 2.38. The molecule has 0 unspecified atom stereocenters. The zero-order valence-corrected chi connectivity index (χ0v) is 12.2. The third-order valence-corrected chi connectivity index (χ3v) is 3.11. The number of amides is 1. The molecule has 2 N–H and O–H groups in total. The van der Waals surface area contributed by atoms with E-state index in [0.29, 0.717) is 5.69 Å². The summed E-state index contributed by atoms with van der Waals surface area (Å²) in [5, 5.41) is 2.83. The average molecular weight is 358 g/mol. The number of aryl methyl sites for hydroxylation is 1. The van der Waals surface area contributed by atoms with Crippen molar-refractivity contribution in [2.45, 2.75) is 6.92 Å². The van der Waals surface area contributed by atoms with Gasteiger partial charge in [-0.3, -0.25) is 4.79 Å². The molecule has 1 aromatic carbocycles. The van der Waals surface area contributed by atoms with Crippen LogP contribution < -0.4 is 5.32 Å². The number of aromatic amines is 1. The summed E-state index contributed by atoms with van der Waals surface area (Å²) in [6.45, 7) is 1.98. The molecule has 2 rings (SSSR count). The third kappa shape index (κ3) is 3.20. The van der Waals surface area contributed by atoms with Crippen LogP contribution in [0.2, 0.25) is 0 Å². The topological polar surface area (TPSA) is 44.9 Å².